The number of hydrogen-bond acceptors (Lipinski definition) is 6. The minimum absolute atomic E-state index is 0.182. The van der Waals surface area contributed by atoms with Crippen molar-refractivity contribution in [3.8, 4) is 0 Å². The van der Waals surface area contributed by atoms with Crippen LogP contribution < -0.4 is 4.90 Å². The zero-order valence-electron chi connectivity index (χ0n) is 20.6. The maximum absolute atomic E-state index is 12.7. The molecule has 0 aromatic carbocycles. The molecule has 1 saturated carbocycles. The number of unbranched alkanes of at least 4 members (excludes halogenated alkanes) is 2. The van der Waals surface area contributed by atoms with Crippen LogP contribution in [0, 0.1) is 0 Å². The molecule has 0 spiro atoms. The van der Waals surface area contributed by atoms with E-state index in [1.54, 1.807) is 19.0 Å². The predicted octanol–water partition coefficient (Wildman–Crippen LogP) is 3.69. The number of alkyl halides is 3. The van der Waals surface area contributed by atoms with E-state index < -0.39 is 23.2 Å². The highest BCUT2D eigenvalue weighted by Gasteiger charge is 2.54. The highest BCUT2D eigenvalue weighted by Crippen LogP contribution is 2.42. The smallest absolute Gasteiger partial charge is 0.343 e. The monoisotopic (exact) mass is 500 g/mol. The van der Waals surface area contributed by atoms with Crippen LogP contribution in [0.4, 0.5) is 18.9 Å². The number of likely N-dealkylation sites (tertiary alicyclic amines) is 1. The van der Waals surface area contributed by atoms with Gasteiger partial charge < -0.3 is 9.69 Å². The quantitative estimate of drug-likeness (QED) is 0.400. The van der Waals surface area contributed by atoms with Crippen molar-refractivity contribution in [2.75, 3.05) is 32.1 Å². The van der Waals surface area contributed by atoms with Gasteiger partial charge in [-0.05, 0) is 52.3 Å². The number of pyridine rings is 1. The zero-order chi connectivity index (χ0) is 26.6. The van der Waals surface area contributed by atoms with E-state index in [0.29, 0.717) is 29.8 Å². The van der Waals surface area contributed by atoms with E-state index >= 15 is 0 Å². The van der Waals surface area contributed by atoms with Crippen LogP contribution in [-0.4, -0.2) is 72.5 Å². The lowest BCUT2D eigenvalue weighted by Crippen LogP contribution is -2.47. The molecule has 8 nitrogen and oxygen atoms in total. The van der Waals surface area contributed by atoms with Gasteiger partial charge in [-0.3, -0.25) is 24.3 Å². The van der Waals surface area contributed by atoms with Crippen LogP contribution in [0.2, 0.25) is 0 Å². The largest absolute Gasteiger partial charge is 0.417 e. The highest BCUT2D eigenvalue weighted by molar-refractivity contribution is 6.12. The van der Waals surface area contributed by atoms with E-state index in [1.165, 1.54) is 25.7 Å². The second-order valence-corrected chi connectivity index (χ2v) is 8.68. The van der Waals surface area contributed by atoms with Gasteiger partial charge in [0.2, 0.25) is 12.3 Å². The number of rotatable bonds is 8. The van der Waals surface area contributed by atoms with Crippen LogP contribution in [0.3, 0.4) is 0 Å². The normalized spacial score (nSPS) is 15.9. The fourth-order valence-corrected chi connectivity index (χ4v) is 3.79. The van der Waals surface area contributed by atoms with Gasteiger partial charge >= 0.3 is 6.18 Å². The van der Waals surface area contributed by atoms with Gasteiger partial charge in [0.1, 0.15) is 12.3 Å². The second-order valence-electron chi connectivity index (χ2n) is 8.68. The Balaban J connectivity index is 0.000000372. The first-order valence-electron chi connectivity index (χ1n) is 11.6. The van der Waals surface area contributed by atoms with E-state index in [1.807, 2.05) is 11.7 Å². The van der Waals surface area contributed by atoms with Crippen molar-refractivity contribution in [1.82, 2.24) is 14.8 Å². The van der Waals surface area contributed by atoms with Gasteiger partial charge in [-0.25, -0.2) is 4.90 Å². The molecule has 11 heteroatoms. The molecular weight excluding hydrogens is 465 g/mol. The third-order valence-electron chi connectivity index (χ3n) is 6.08. The third kappa shape index (κ3) is 8.41. The summed E-state index contributed by atoms with van der Waals surface area (Å²) in [5.41, 5.74) is -2.00. The van der Waals surface area contributed by atoms with Gasteiger partial charge in [0, 0.05) is 25.7 Å². The molecule has 1 aromatic heterocycles. The van der Waals surface area contributed by atoms with Gasteiger partial charge in [0.15, 0.2) is 0 Å². The Morgan fingerprint density at radius 2 is 1.74 bits per heavy atom. The van der Waals surface area contributed by atoms with Crippen molar-refractivity contribution >= 4 is 30.7 Å². The number of imide groups is 1. The summed E-state index contributed by atoms with van der Waals surface area (Å²) in [6.45, 7) is 6.18. The van der Waals surface area contributed by atoms with Crippen molar-refractivity contribution in [3.05, 3.63) is 24.0 Å². The molecule has 2 heterocycles. The van der Waals surface area contributed by atoms with Crippen molar-refractivity contribution in [3.63, 3.8) is 0 Å². The molecule has 1 aliphatic heterocycles. The fraction of sp³-hybridized carbons (Fsp3) is 0.625. The molecule has 196 valence electrons. The molecule has 1 saturated heterocycles. The van der Waals surface area contributed by atoms with Gasteiger partial charge in [0.05, 0.1) is 17.4 Å². The Kier molecular flexibility index (Phi) is 12.0. The first kappa shape index (κ1) is 30.2. The third-order valence-corrected chi connectivity index (χ3v) is 6.08. The SMILES string of the molecule is C=O.CCCCCC(=O)N1CCCC1.CN(C)C1(C(=O)N(C=O)c2cncc(C(F)(F)F)c2)CC1. The standard InChI is InChI=1S/C13H14F3N3O2.C10H19NO.CH2O/c1-18(2)12(3-4-12)11(21)19(8-20)10-5-9(6-17-7-10)13(14,15)16;1-2-3-4-7-10(12)11-8-5-6-9-11;1-2/h5-8H,3-4H2,1-2H3;2-9H2,1H3;1H2. The van der Waals surface area contributed by atoms with E-state index in [4.69, 9.17) is 4.79 Å². The molecule has 0 atom stereocenters. The Bertz CT molecular complexity index is 838. The first-order valence-corrected chi connectivity index (χ1v) is 11.6. The summed E-state index contributed by atoms with van der Waals surface area (Å²) in [5, 5.41) is 0. The average molecular weight is 501 g/mol. The van der Waals surface area contributed by atoms with Crippen LogP contribution in [-0.2, 0) is 25.4 Å². The van der Waals surface area contributed by atoms with Crippen molar-refractivity contribution in [1.29, 1.82) is 0 Å². The number of hydrogen-bond donors (Lipinski definition) is 0. The van der Waals surface area contributed by atoms with Crippen LogP contribution in [0.1, 0.15) is 63.9 Å². The fourth-order valence-electron chi connectivity index (χ4n) is 3.79. The number of amides is 3. The summed E-state index contributed by atoms with van der Waals surface area (Å²) in [7, 11) is 3.39. The number of carbonyl (C=O) groups excluding carboxylic acids is 4. The molecule has 0 N–H and O–H groups in total. The van der Waals surface area contributed by atoms with Crippen molar-refractivity contribution in [2.24, 2.45) is 0 Å². The molecule has 1 aromatic rings. The van der Waals surface area contributed by atoms with E-state index in [9.17, 15) is 27.6 Å². The van der Waals surface area contributed by atoms with Crippen LogP contribution in [0.5, 0.6) is 0 Å². The number of carbonyl (C=O) groups is 4. The molecule has 0 bridgehead atoms. The first-order chi connectivity index (χ1) is 16.6. The number of aromatic nitrogens is 1. The van der Waals surface area contributed by atoms with E-state index in [0.717, 1.165) is 38.2 Å². The van der Waals surface area contributed by atoms with E-state index in [-0.39, 0.29) is 12.1 Å². The molecule has 2 aliphatic rings. The number of halogens is 3. The van der Waals surface area contributed by atoms with Crippen molar-refractivity contribution in [2.45, 2.75) is 70.0 Å². The Morgan fingerprint density at radius 1 is 1.14 bits per heavy atom. The highest BCUT2D eigenvalue weighted by atomic mass is 19.4. The summed E-state index contributed by atoms with van der Waals surface area (Å²) in [6.07, 6.45) is 5.14. The molecule has 3 rings (SSSR count). The maximum atomic E-state index is 12.7. The summed E-state index contributed by atoms with van der Waals surface area (Å²) < 4.78 is 38.0. The van der Waals surface area contributed by atoms with Crippen LogP contribution in [0.25, 0.3) is 0 Å². The van der Waals surface area contributed by atoms with Crippen LogP contribution in [0.15, 0.2) is 18.5 Å². The molecular formula is C24H35F3N4O4. The molecule has 2 fully saturated rings. The minimum atomic E-state index is -4.58. The van der Waals surface area contributed by atoms with Gasteiger partial charge in [0.25, 0.3) is 5.91 Å². The summed E-state index contributed by atoms with van der Waals surface area (Å²) in [5.74, 6) is -0.162. The lowest BCUT2D eigenvalue weighted by atomic mass is 10.2. The number of nitrogens with zero attached hydrogens (tertiary/aromatic N) is 4. The summed E-state index contributed by atoms with van der Waals surface area (Å²) >= 11 is 0. The lowest BCUT2D eigenvalue weighted by molar-refractivity contribution is -0.138. The molecule has 1 aliphatic carbocycles. The van der Waals surface area contributed by atoms with Gasteiger partial charge in [-0.1, -0.05) is 19.8 Å². The Hall–Kier alpha value is -2.82. The number of anilines is 1. The molecule has 0 radical (unpaired) electrons. The minimum Gasteiger partial charge on any atom is -0.343 e. The van der Waals surface area contributed by atoms with Gasteiger partial charge in [-0.2, -0.15) is 13.2 Å². The predicted molar refractivity (Wildman–Crippen MR) is 126 cm³/mol. The molecule has 3 amide bonds. The Labute approximate surface area is 204 Å². The molecule has 0 unspecified atom stereocenters. The average Bonchev–Trinajstić information content (AvgIpc) is 3.48. The molecule has 35 heavy (non-hydrogen) atoms. The topological polar surface area (TPSA) is 90.9 Å². The van der Waals surface area contributed by atoms with Gasteiger partial charge in [-0.15, -0.1) is 0 Å². The maximum Gasteiger partial charge on any atom is 0.417 e. The van der Waals surface area contributed by atoms with Crippen molar-refractivity contribution < 1.29 is 32.3 Å². The lowest BCUT2D eigenvalue weighted by Gasteiger charge is -2.27. The summed E-state index contributed by atoms with van der Waals surface area (Å²) in [4.78, 5) is 50.9. The van der Waals surface area contributed by atoms with E-state index in [2.05, 4.69) is 11.9 Å². The van der Waals surface area contributed by atoms with Crippen LogP contribution >= 0.6 is 0 Å². The zero-order valence-corrected chi connectivity index (χ0v) is 20.6. The Morgan fingerprint density at radius 3 is 2.20 bits per heavy atom. The number of likely N-dealkylation sites (N-methyl/N-ethyl adjacent to an activating group) is 1. The summed E-state index contributed by atoms with van der Waals surface area (Å²) in [6, 6.07) is 0.741. The second kappa shape index (κ2) is 13.9.